The molecule has 0 saturated carbocycles. The van der Waals surface area contributed by atoms with Crippen molar-refractivity contribution in [2.45, 2.75) is 0 Å². The largest absolute Gasteiger partial charge is 0 e. The van der Waals surface area contributed by atoms with Gasteiger partial charge < -0.3 is 0 Å². The van der Waals surface area contributed by atoms with Crippen molar-refractivity contribution in [3.05, 3.63) is 0 Å². The van der Waals surface area contributed by atoms with Crippen LogP contribution in [0.3, 0.4) is 0 Å². The summed E-state index contributed by atoms with van der Waals surface area (Å²) in [4.78, 5) is 0. The molecule has 0 spiro atoms. The maximum atomic E-state index is 0. The van der Waals surface area contributed by atoms with Crippen LogP contribution in [-0.2, 0) is 34.4 Å². The molecule has 0 N–H and O–H groups in total. The van der Waals surface area contributed by atoms with Crippen LogP contribution in [0.4, 0.5) is 0 Å². The molecule has 0 aromatic rings. The van der Waals surface area contributed by atoms with Gasteiger partial charge in [-0.25, -0.2) is 0 Å². The van der Waals surface area contributed by atoms with E-state index in [9.17, 15) is 0 Å². The fraction of sp³-hybridized carbons (Fsp3) is 0. The van der Waals surface area contributed by atoms with Crippen LogP contribution in [0.1, 0.15) is 0 Å². The Hall–Kier alpha value is 1.65. The third-order valence-corrected chi connectivity index (χ3v) is 0. The molecular formula is AlBCrFe. The van der Waals surface area contributed by atoms with Gasteiger partial charge in [-0.15, -0.1) is 0 Å². The monoisotopic (exact) mass is 146 g/mol. The minimum Gasteiger partial charge on any atom is 0 e. The Morgan fingerprint density at radius 1 is 1.00 bits per heavy atom. The molecule has 0 unspecified atom stereocenters. The van der Waals surface area contributed by atoms with E-state index >= 15 is 0 Å². The van der Waals surface area contributed by atoms with E-state index < -0.39 is 0 Å². The van der Waals surface area contributed by atoms with E-state index in [4.69, 9.17) is 0 Å². The van der Waals surface area contributed by atoms with Crippen molar-refractivity contribution in [2.24, 2.45) is 0 Å². The van der Waals surface area contributed by atoms with Gasteiger partial charge in [0.05, 0.1) is 0 Å². The van der Waals surface area contributed by atoms with Gasteiger partial charge in [-0.1, -0.05) is 0 Å². The zero-order chi connectivity index (χ0) is 0. The smallest absolute Gasteiger partial charge is 0 e. The van der Waals surface area contributed by atoms with Crippen molar-refractivity contribution in [2.75, 3.05) is 0 Å². The van der Waals surface area contributed by atoms with Crippen LogP contribution in [0.2, 0.25) is 0 Å². The van der Waals surface area contributed by atoms with Gasteiger partial charge in [0, 0.05) is 60.2 Å². The molecule has 0 saturated heterocycles. The molecule has 0 heterocycles. The minimum atomic E-state index is 0. The van der Waals surface area contributed by atoms with E-state index in [0.29, 0.717) is 0 Å². The predicted molar refractivity (Wildman–Crippen MR) is 11.5 cm³/mol. The first-order chi connectivity index (χ1) is 0. The van der Waals surface area contributed by atoms with Gasteiger partial charge >= 0.3 is 0 Å². The molecule has 0 fully saturated rings. The summed E-state index contributed by atoms with van der Waals surface area (Å²) in [6.45, 7) is 0. The number of hydrogen-bond donors (Lipinski definition) is 0. The average molecular weight is 146 g/mol. The SMILES string of the molecule is [Al].[B].[Cr].[Fe]. The van der Waals surface area contributed by atoms with E-state index in [2.05, 4.69) is 0 Å². The first-order valence-electron chi connectivity index (χ1n) is 0. The van der Waals surface area contributed by atoms with Crippen molar-refractivity contribution in [3.63, 3.8) is 0 Å². The quantitative estimate of drug-likeness (QED) is 0.393. The fourth-order valence-corrected chi connectivity index (χ4v) is 0. The molecule has 4 heavy (non-hydrogen) atoms. The standard InChI is InChI=1S/Al.B.Cr.Fe. The second-order valence-corrected chi connectivity index (χ2v) is 0. The Morgan fingerprint density at radius 2 is 1.00 bits per heavy atom. The first kappa shape index (κ1) is 44.9. The molecule has 0 aliphatic heterocycles. The fourth-order valence-electron chi connectivity index (χ4n) is 0. The average Bonchev–Trinajstić information content (AvgIpc) is 0. The summed E-state index contributed by atoms with van der Waals surface area (Å²) >= 11 is 0. The van der Waals surface area contributed by atoms with Crippen molar-refractivity contribution in [3.8, 4) is 0 Å². The summed E-state index contributed by atoms with van der Waals surface area (Å²) in [6, 6.07) is 0. The normalized spacial score (nSPS) is 0. The Labute approximate surface area is 60.0 Å². The summed E-state index contributed by atoms with van der Waals surface area (Å²) in [5, 5.41) is 0. The van der Waals surface area contributed by atoms with Gasteiger partial charge in [0.15, 0.2) is 0 Å². The molecule has 0 aliphatic carbocycles. The summed E-state index contributed by atoms with van der Waals surface area (Å²) in [5.41, 5.74) is 0. The van der Waals surface area contributed by atoms with E-state index in [0.717, 1.165) is 0 Å². The Kier molecular flexibility index (Phi) is 255. The predicted octanol–water partition coefficient (Wildman–Crippen LogP) is -0.767. The van der Waals surface area contributed by atoms with Gasteiger partial charge in [0.1, 0.15) is 0 Å². The number of rotatable bonds is 0. The maximum absolute atomic E-state index is 0. The molecule has 0 atom stereocenters. The van der Waals surface area contributed by atoms with E-state index in [1.165, 1.54) is 0 Å². The third kappa shape index (κ3) is 9.42. The van der Waals surface area contributed by atoms with Crippen molar-refractivity contribution >= 4 is 25.8 Å². The van der Waals surface area contributed by atoms with Crippen LogP contribution >= 0.6 is 0 Å². The molecule has 6 radical (unpaired) electrons. The molecular weight excluding hydrogens is 146 g/mol. The zero-order valence-electron chi connectivity index (χ0n) is 1.92. The van der Waals surface area contributed by atoms with Crippen LogP contribution in [0, 0.1) is 0 Å². The molecule has 0 aromatic heterocycles. The van der Waals surface area contributed by atoms with E-state index in [1.54, 1.807) is 0 Å². The van der Waals surface area contributed by atoms with Crippen molar-refractivity contribution in [1.29, 1.82) is 0 Å². The Morgan fingerprint density at radius 3 is 1.00 bits per heavy atom. The van der Waals surface area contributed by atoms with Crippen LogP contribution in [-0.4, -0.2) is 25.8 Å². The Balaban J connectivity index is 0. The summed E-state index contributed by atoms with van der Waals surface area (Å²) < 4.78 is 0. The minimum absolute atomic E-state index is 0. The second kappa shape index (κ2) is 22.8. The molecule has 0 aromatic carbocycles. The van der Waals surface area contributed by atoms with E-state index in [1.807, 2.05) is 0 Å². The van der Waals surface area contributed by atoms with Crippen LogP contribution in [0.5, 0.6) is 0 Å². The molecule has 0 rings (SSSR count). The zero-order valence-corrected chi connectivity index (χ0v) is 5.45. The van der Waals surface area contributed by atoms with Gasteiger partial charge in [-0.3, -0.25) is 0 Å². The van der Waals surface area contributed by atoms with Gasteiger partial charge in [-0.05, 0) is 0 Å². The molecule has 0 amide bonds. The summed E-state index contributed by atoms with van der Waals surface area (Å²) in [5.74, 6) is 0. The van der Waals surface area contributed by atoms with Crippen LogP contribution in [0.25, 0.3) is 0 Å². The van der Waals surface area contributed by atoms with E-state index in [-0.39, 0.29) is 60.2 Å². The summed E-state index contributed by atoms with van der Waals surface area (Å²) in [6.07, 6.45) is 0. The van der Waals surface area contributed by atoms with Crippen molar-refractivity contribution < 1.29 is 34.4 Å². The third-order valence-electron chi connectivity index (χ3n) is 0. The maximum Gasteiger partial charge on any atom is 0 e. The Bertz CT molecular complexity index is 8.00. The van der Waals surface area contributed by atoms with Gasteiger partial charge in [-0.2, -0.15) is 0 Å². The molecule has 20 valence electrons. The molecule has 0 bridgehead atoms. The molecule has 4 heteroatoms. The topological polar surface area (TPSA) is 0 Å². The first-order valence-corrected chi connectivity index (χ1v) is 0. The molecule has 0 nitrogen and oxygen atoms in total. The second-order valence-electron chi connectivity index (χ2n) is 0. The van der Waals surface area contributed by atoms with Crippen LogP contribution < -0.4 is 0 Å². The van der Waals surface area contributed by atoms with Gasteiger partial charge in [0.2, 0.25) is 0 Å². The van der Waals surface area contributed by atoms with Crippen molar-refractivity contribution in [1.82, 2.24) is 0 Å². The number of hydrogen-bond acceptors (Lipinski definition) is 0. The van der Waals surface area contributed by atoms with Gasteiger partial charge in [0.25, 0.3) is 0 Å². The van der Waals surface area contributed by atoms with Crippen LogP contribution in [0.15, 0.2) is 0 Å². The summed E-state index contributed by atoms with van der Waals surface area (Å²) in [7, 11) is 0. The molecule has 0 aliphatic rings.